The van der Waals surface area contributed by atoms with Gasteiger partial charge in [-0.05, 0) is 29.2 Å². The molecule has 0 aliphatic rings. The van der Waals surface area contributed by atoms with Gasteiger partial charge in [0.25, 0.3) is 0 Å². The molecule has 0 aliphatic heterocycles. The lowest BCUT2D eigenvalue weighted by molar-refractivity contribution is -0.153. The summed E-state index contributed by atoms with van der Waals surface area (Å²) in [7, 11) is 0. The van der Waals surface area contributed by atoms with E-state index in [1.54, 1.807) is 42.5 Å². The fourth-order valence-corrected chi connectivity index (χ4v) is 2.74. The monoisotopic (exact) mass is 422 g/mol. The summed E-state index contributed by atoms with van der Waals surface area (Å²) in [6, 6.07) is 14.0. The second-order valence-corrected chi connectivity index (χ2v) is 7.28. The van der Waals surface area contributed by atoms with E-state index in [4.69, 9.17) is 4.74 Å². The number of ether oxygens (including phenoxy) is 1. The molecule has 2 aromatic carbocycles. The molecule has 0 saturated carbocycles. The molecule has 30 heavy (non-hydrogen) atoms. The zero-order valence-corrected chi connectivity index (χ0v) is 16.8. The second kappa shape index (κ2) is 10.7. The Morgan fingerprint density at radius 2 is 1.73 bits per heavy atom. The molecular weight excluding hydrogens is 397 g/mol. The Bertz CT molecular complexity index is 839. The Hall–Kier alpha value is -3.03. The van der Waals surface area contributed by atoms with E-state index < -0.39 is 24.7 Å². The van der Waals surface area contributed by atoms with Gasteiger partial charge in [0.15, 0.2) is 6.61 Å². The summed E-state index contributed by atoms with van der Waals surface area (Å²) in [5.41, 5.74) is 1.21. The first-order valence-electron chi connectivity index (χ1n) is 9.54. The minimum absolute atomic E-state index is 0.0592. The highest BCUT2D eigenvalue weighted by atomic mass is 19.4. The Kier molecular flexibility index (Phi) is 8.26. The molecule has 0 aliphatic carbocycles. The van der Waals surface area contributed by atoms with Crippen molar-refractivity contribution in [2.75, 3.05) is 6.61 Å². The average molecular weight is 422 g/mol. The lowest BCUT2D eigenvalue weighted by atomic mass is 10.0. The van der Waals surface area contributed by atoms with Gasteiger partial charge < -0.3 is 15.4 Å². The van der Waals surface area contributed by atoms with Gasteiger partial charge in [-0.1, -0.05) is 56.3 Å². The lowest BCUT2D eigenvalue weighted by Gasteiger charge is -2.20. The number of rotatable bonds is 9. The number of hydrogen-bond acceptors (Lipinski definition) is 3. The SMILES string of the molecule is CC(C)CC(=O)NC(C(=O)NCc1cccc(OCC(F)(F)F)c1)c1ccccc1. The van der Waals surface area contributed by atoms with E-state index in [-0.39, 0.29) is 30.5 Å². The van der Waals surface area contributed by atoms with E-state index in [0.29, 0.717) is 11.1 Å². The first kappa shape index (κ1) is 23.3. The average Bonchev–Trinajstić information content (AvgIpc) is 2.68. The van der Waals surface area contributed by atoms with Crippen LogP contribution < -0.4 is 15.4 Å². The Balaban J connectivity index is 2.04. The fourth-order valence-electron chi connectivity index (χ4n) is 2.74. The van der Waals surface area contributed by atoms with Gasteiger partial charge in [-0.3, -0.25) is 9.59 Å². The first-order chi connectivity index (χ1) is 14.1. The van der Waals surface area contributed by atoms with Crippen LogP contribution in [-0.4, -0.2) is 24.6 Å². The summed E-state index contributed by atoms with van der Waals surface area (Å²) < 4.78 is 41.7. The van der Waals surface area contributed by atoms with Crippen LogP contribution in [0.4, 0.5) is 13.2 Å². The highest BCUT2D eigenvalue weighted by Crippen LogP contribution is 2.20. The third kappa shape index (κ3) is 8.14. The van der Waals surface area contributed by atoms with Crippen molar-refractivity contribution >= 4 is 11.8 Å². The molecule has 0 bridgehead atoms. The molecule has 2 amide bonds. The van der Waals surface area contributed by atoms with Crippen LogP contribution in [0, 0.1) is 5.92 Å². The summed E-state index contributed by atoms with van der Waals surface area (Å²) in [6.45, 7) is 2.50. The largest absolute Gasteiger partial charge is 0.484 e. The molecule has 0 spiro atoms. The number of benzene rings is 2. The molecular formula is C22H25F3N2O3. The van der Waals surface area contributed by atoms with E-state index in [1.165, 1.54) is 12.1 Å². The van der Waals surface area contributed by atoms with Crippen molar-refractivity contribution < 1.29 is 27.5 Å². The van der Waals surface area contributed by atoms with Crippen molar-refractivity contribution in [2.45, 2.75) is 39.0 Å². The van der Waals surface area contributed by atoms with Crippen LogP contribution in [0.15, 0.2) is 54.6 Å². The third-order valence-corrected chi connectivity index (χ3v) is 4.06. The van der Waals surface area contributed by atoms with E-state index in [0.717, 1.165) is 0 Å². The summed E-state index contributed by atoms with van der Waals surface area (Å²) >= 11 is 0. The maximum atomic E-state index is 12.8. The highest BCUT2D eigenvalue weighted by Gasteiger charge is 2.28. The van der Waals surface area contributed by atoms with Gasteiger partial charge >= 0.3 is 6.18 Å². The summed E-state index contributed by atoms with van der Waals surface area (Å²) in [4.78, 5) is 25.0. The van der Waals surface area contributed by atoms with Gasteiger partial charge in [-0.25, -0.2) is 0 Å². The lowest BCUT2D eigenvalue weighted by Crippen LogP contribution is -2.40. The minimum atomic E-state index is -4.43. The summed E-state index contributed by atoms with van der Waals surface area (Å²) in [5, 5.41) is 5.47. The van der Waals surface area contributed by atoms with Crippen molar-refractivity contribution in [1.29, 1.82) is 0 Å². The molecule has 0 saturated heterocycles. The van der Waals surface area contributed by atoms with Crippen LogP contribution >= 0.6 is 0 Å². The Morgan fingerprint density at radius 3 is 2.37 bits per heavy atom. The Morgan fingerprint density at radius 1 is 1.03 bits per heavy atom. The molecule has 2 aromatic rings. The van der Waals surface area contributed by atoms with Crippen LogP contribution in [0.3, 0.4) is 0 Å². The molecule has 0 aromatic heterocycles. The number of carbonyl (C=O) groups excluding carboxylic acids is 2. The predicted molar refractivity (Wildman–Crippen MR) is 107 cm³/mol. The van der Waals surface area contributed by atoms with Gasteiger partial charge in [0, 0.05) is 13.0 Å². The standard InChI is InChI=1S/C22H25F3N2O3/c1-15(2)11-19(28)27-20(17-8-4-3-5-9-17)21(29)26-13-16-7-6-10-18(12-16)30-14-22(23,24)25/h3-10,12,15,20H,11,13-14H2,1-2H3,(H,26,29)(H,27,28). The topological polar surface area (TPSA) is 67.4 Å². The zero-order valence-electron chi connectivity index (χ0n) is 16.8. The predicted octanol–water partition coefficient (Wildman–Crippen LogP) is 4.15. The maximum Gasteiger partial charge on any atom is 0.422 e. The van der Waals surface area contributed by atoms with E-state index in [9.17, 15) is 22.8 Å². The summed E-state index contributed by atoms with van der Waals surface area (Å²) in [6.07, 6.45) is -4.14. The van der Waals surface area contributed by atoms with Crippen molar-refractivity contribution in [2.24, 2.45) is 5.92 Å². The molecule has 1 unspecified atom stereocenters. The molecule has 0 fully saturated rings. The fraction of sp³-hybridized carbons (Fsp3) is 0.364. The molecule has 0 heterocycles. The number of carbonyl (C=O) groups is 2. The van der Waals surface area contributed by atoms with Gasteiger partial charge in [0.05, 0.1) is 0 Å². The highest BCUT2D eigenvalue weighted by molar-refractivity contribution is 5.88. The second-order valence-electron chi connectivity index (χ2n) is 7.28. The Labute approximate surface area is 173 Å². The quantitative estimate of drug-likeness (QED) is 0.638. The summed E-state index contributed by atoms with van der Waals surface area (Å²) in [5.74, 6) is -0.454. The smallest absolute Gasteiger partial charge is 0.422 e. The minimum Gasteiger partial charge on any atom is -0.484 e. The molecule has 5 nitrogen and oxygen atoms in total. The van der Waals surface area contributed by atoms with Crippen LogP contribution in [0.25, 0.3) is 0 Å². The van der Waals surface area contributed by atoms with Crippen LogP contribution in [-0.2, 0) is 16.1 Å². The number of hydrogen-bond donors (Lipinski definition) is 2. The number of alkyl halides is 3. The molecule has 1 atom stereocenters. The van der Waals surface area contributed by atoms with Crippen LogP contribution in [0.2, 0.25) is 0 Å². The third-order valence-electron chi connectivity index (χ3n) is 4.06. The van der Waals surface area contributed by atoms with Gasteiger partial charge in [0.1, 0.15) is 11.8 Å². The van der Waals surface area contributed by atoms with E-state index in [1.807, 2.05) is 13.8 Å². The number of nitrogens with one attached hydrogen (secondary N) is 2. The van der Waals surface area contributed by atoms with Crippen LogP contribution in [0.1, 0.15) is 37.4 Å². The molecule has 162 valence electrons. The van der Waals surface area contributed by atoms with Crippen molar-refractivity contribution in [3.63, 3.8) is 0 Å². The van der Waals surface area contributed by atoms with Gasteiger partial charge in [0.2, 0.25) is 11.8 Å². The van der Waals surface area contributed by atoms with Crippen molar-refractivity contribution in [3.8, 4) is 5.75 Å². The van der Waals surface area contributed by atoms with Crippen molar-refractivity contribution in [3.05, 3.63) is 65.7 Å². The first-order valence-corrected chi connectivity index (χ1v) is 9.54. The number of amides is 2. The maximum absolute atomic E-state index is 12.8. The van der Waals surface area contributed by atoms with Gasteiger partial charge in [-0.15, -0.1) is 0 Å². The van der Waals surface area contributed by atoms with Crippen LogP contribution in [0.5, 0.6) is 5.75 Å². The normalized spacial score (nSPS) is 12.3. The molecule has 2 N–H and O–H groups in total. The van der Waals surface area contributed by atoms with E-state index >= 15 is 0 Å². The van der Waals surface area contributed by atoms with Gasteiger partial charge in [-0.2, -0.15) is 13.2 Å². The van der Waals surface area contributed by atoms with E-state index in [2.05, 4.69) is 10.6 Å². The van der Waals surface area contributed by atoms with Crippen molar-refractivity contribution in [1.82, 2.24) is 10.6 Å². The number of halogens is 3. The molecule has 0 radical (unpaired) electrons. The molecule has 2 rings (SSSR count). The molecule has 8 heteroatoms. The zero-order chi connectivity index (χ0) is 22.1.